The van der Waals surface area contributed by atoms with Crippen LogP contribution in [-0.2, 0) is 13.7 Å². The summed E-state index contributed by atoms with van der Waals surface area (Å²) in [5.74, 6) is -1.23. The highest BCUT2D eigenvalue weighted by molar-refractivity contribution is 7.99. The van der Waals surface area contributed by atoms with Gasteiger partial charge in [0.2, 0.25) is 0 Å². The van der Waals surface area contributed by atoms with Gasteiger partial charge in [0.15, 0.2) is 0 Å². The van der Waals surface area contributed by atoms with E-state index < -0.39 is 11.6 Å². The third kappa shape index (κ3) is 2.39. The van der Waals surface area contributed by atoms with E-state index in [1.807, 2.05) is 0 Å². The van der Waals surface area contributed by atoms with Gasteiger partial charge in [-0.05, 0) is 19.1 Å². The van der Waals surface area contributed by atoms with E-state index in [0.717, 1.165) is 17.8 Å². The van der Waals surface area contributed by atoms with E-state index in [1.54, 1.807) is 18.7 Å². The van der Waals surface area contributed by atoms with Gasteiger partial charge >= 0.3 is 0 Å². The molecule has 0 aliphatic rings. The molecular weight excluding hydrogens is 258 g/mol. The first kappa shape index (κ1) is 13.0. The highest BCUT2D eigenvalue weighted by atomic mass is 32.2. The van der Waals surface area contributed by atoms with Crippen molar-refractivity contribution in [1.29, 1.82) is 0 Å². The molecule has 6 heteroatoms. The molecule has 3 nitrogen and oxygen atoms in total. The smallest absolute Gasteiger partial charge is 0.140 e. The second-order valence-electron chi connectivity index (χ2n) is 3.83. The lowest BCUT2D eigenvalue weighted by molar-refractivity contribution is 0.277. The number of hydrogen-bond acceptors (Lipinski definition) is 3. The number of hydrogen-bond donors (Lipinski definition) is 1. The van der Waals surface area contributed by atoms with Gasteiger partial charge in [-0.3, -0.25) is 4.68 Å². The number of benzene rings is 1. The van der Waals surface area contributed by atoms with Gasteiger partial charge in [0, 0.05) is 23.6 Å². The third-order valence-corrected chi connectivity index (χ3v) is 3.80. The van der Waals surface area contributed by atoms with Crippen LogP contribution < -0.4 is 0 Å². The van der Waals surface area contributed by atoms with Crippen molar-refractivity contribution in [2.45, 2.75) is 23.5 Å². The van der Waals surface area contributed by atoms with Crippen molar-refractivity contribution in [2.75, 3.05) is 0 Å². The third-order valence-electron chi connectivity index (χ3n) is 2.55. The number of aryl methyl sites for hydroxylation is 2. The number of aliphatic hydroxyl groups is 1. The lowest BCUT2D eigenvalue weighted by atomic mass is 10.3. The summed E-state index contributed by atoms with van der Waals surface area (Å²) >= 11 is 1.12. The maximum Gasteiger partial charge on any atom is 0.140 e. The van der Waals surface area contributed by atoms with Crippen LogP contribution in [0.15, 0.2) is 28.1 Å². The molecule has 0 saturated carbocycles. The molecule has 0 aliphatic heterocycles. The SMILES string of the molecule is Cc1nn(C)c(Sc2ccc(F)cc2F)c1CO. The Bertz CT molecular complexity index is 584. The quantitative estimate of drug-likeness (QED) is 0.931. The van der Waals surface area contributed by atoms with E-state index in [9.17, 15) is 13.9 Å². The van der Waals surface area contributed by atoms with Crippen LogP contribution in [0.25, 0.3) is 0 Å². The van der Waals surface area contributed by atoms with E-state index in [-0.39, 0.29) is 6.61 Å². The van der Waals surface area contributed by atoms with Crippen molar-refractivity contribution in [1.82, 2.24) is 9.78 Å². The van der Waals surface area contributed by atoms with Crippen LogP contribution in [0.4, 0.5) is 8.78 Å². The van der Waals surface area contributed by atoms with Gasteiger partial charge in [-0.25, -0.2) is 8.78 Å². The fourth-order valence-electron chi connectivity index (χ4n) is 1.65. The van der Waals surface area contributed by atoms with Crippen LogP contribution in [0.3, 0.4) is 0 Å². The van der Waals surface area contributed by atoms with Gasteiger partial charge in [0.05, 0.1) is 12.3 Å². The second kappa shape index (κ2) is 5.07. The maximum absolute atomic E-state index is 13.6. The van der Waals surface area contributed by atoms with Gasteiger partial charge in [-0.2, -0.15) is 5.10 Å². The van der Waals surface area contributed by atoms with E-state index in [4.69, 9.17) is 0 Å². The van der Waals surface area contributed by atoms with Gasteiger partial charge in [-0.15, -0.1) is 0 Å². The molecule has 0 atom stereocenters. The van der Waals surface area contributed by atoms with Gasteiger partial charge in [0.1, 0.15) is 16.7 Å². The summed E-state index contributed by atoms with van der Waals surface area (Å²) in [6, 6.07) is 3.41. The molecule has 2 rings (SSSR count). The Hall–Kier alpha value is -1.40. The average Bonchev–Trinajstić information content (AvgIpc) is 2.57. The van der Waals surface area contributed by atoms with Crippen molar-refractivity contribution < 1.29 is 13.9 Å². The van der Waals surface area contributed by atoms with Gasteiger partial charge < -0.3 is 5.11 Å². The minimum atomic E-state index is -0.622. The Morgan fingerprint density at radius 2 is 2.11 bits per heavy atom. The summed E-state index contributed by atoms with van der Waals surface area (Å²) in [4.78, 5) is 0.300. The molecule has 0 amide bonds. The molecule has 0 radical (unpaired) electrons. The van der Waals surface area contributed by atoms with Crippen molar-refractivity contribution in [3.8, 4) is 0 Å². The van der Waals surface area contributed by atoms with Gasteiger partial charge in [-0.1, -0.05) is 11.8 Å². The number of aromatic nitrogens is 2. The predicted octanol–water partition coefficient (Wildman–Crippen LogP) is 2.65. The fraction of sp³-hybridized carbons (Fsp3) is 0.250. The minimum Gasteiger partial charge on any atom is -0.392 e. The Balaban J connectivity index is 2.39. The zero-order chi connectivity index (χ0) is 13.3. The first-order chi connectivity index (χ1) is 8.52. The zero-order valence-electron chi connectivity index (χ0n) is 9.94. The van der Waals surface area contributed by atoms with Crippen LogP contribution in [-0.4, -0.2) is 14.9 Å². The molecule has 1 aromatic heterocycles. The lowest BCUT2D eigenvalue weighted by Crippen LogP contribution is -1.95. The molecule has 0 unspecified atom stereocenters. The molecule has 2 aromatic rings. The molecule has 0 fully saturated rings. The van der Waals surface area contributed by atoms with Crippen molar-refractivity contribution in [3.63, 3.8) is 0 Å². The molecule has 96 valence electrons. The van der Waals surface area contributed by atoms with E-state index >= 15 is 0 Å². The lowest BCUT2D eigenvalue weighted by Gasteiger charge is -2.05. The highest BCUT2D eigenvalue weighted by Gasteiger charge is 2.15. The van der Waals surface area contributed by atoms with Crippen molar-refractivity contribution in [2.24, 2.45) is 7.05 Å². The molecule has 0 aliphatic carbocycles. The van der Waals surface area contributed by atoms with Crippen LogP contribution in [0, 0.1) is 18.6 Å². The largest absolute Gasteiger partial charge is 0.392 e. The molecule has 0 saturated heterocycles. The summed E-state index contributed by atoms with van der Waals surface area (Å²) in [6.07, 6.45) is 0. The summed E-state index contributed by atoms with van der Waals surface area (Å²) in [7, 11) is 1.72. The summed E-state index contributed by atoms with van der Waals surface area (Å²) in [5, 5.41) is 14.1. The monoisotopic (exact) mass is 270 g/mol. The maximum atomic E-state index is 13.6. The molecule has 1 aromatic carbocycles. The predicted molar refractivity (Wildman–Crippen MR) is 64.3 cm³/mol. The average molecular weight is 270 g/mol. The van der Waals surface area contributed by atoms with Crippen LogP contribution in [0.2, 0.25) is 0 Å². The first-order valence-corrected chi connectivity index (χ1v) is 6.10. The topological polar surface area (TPSA) is 38.0 Å². The summed E-state index contributed by atoms with van der Waals surface area (Å²) < 4.78 is 27.9. The molecule has 1 heterocycles. The second-order valence-corrected chi connectivity index (χ2v) is 4.86. The number of nitrogens with zero attached hydrogens (tertiary/aromatic N) is 2. The van der Waals surface area contributed by atoms with E-state index in [2.05, 4.69) is 5.10 Å². The minimum absolute atomic E-state index is 0.162. The number of halogens is 2. The van der Waals surface area contributed by atoms with Crippen LogP contribution in [0.1, 0.15) is 11.3 Å². The Morgan fingerprint density at radius 3 is 2.72 bits per heavy atom. The Kier molecular flexibility index (Phi) is 3.68. The zero-order valence-corrected chi connectivity index (χ0v) is 10.8. The number of aliphatic hydroxyl groups excluding tert-OH is 1. The molecule has 1 N–H and O–H groups in total. The fourth-order valence-corrected chi connectivity index (χ4v) is 2.66. The normalized spacial score (nSPS) is 10.9. The molecule has 0 spiro atoms. The van der Waals surface area contributed by atoms with Crippen molar-refractivity contribution >= 4 is 11.8 Å². The summed E-state index contributed by atoms with van der Waals surface area (Å²) in [6.45, 7) is 1.61. The van der Waals surface area contributed by atoms with Gasteiger partial charge in [0.25, 0.3) is 0 Å². The van der Waals surface area contributed by atoms with Crippen LogP contribution in [0.5, 0.6) is 0 Å². The standard InChI is InChI=1S/C12H12F2N2OS/c1-7-9(6-17)12(16(2)15-7)18-11-4-3-8(13)5-10(11)14/h3-5,17H,6H2,1-2H3. The highest BCUT2D eigenvalue weighted by Crippen LogP contribution is 2.33. The van der Waals surface area contributed by atoms with E-state index in [1.165, 1.54) is 12.1 Å². The van der Waals surface area contributed by atoms with Crippen LogP contribution >= 0.6 is 11.8 Å². The first-order valence-electron chi connectivity index (χ1n) is 5.29. The Labute approximate surface area is 107 Å². The summed E-state index contributed by atoms with van der Waals surface area (Å²) in [5.41, 5.74) is 1.36. The molecular formula is C12H12F2N2OS. The molecule has 0 bridgehead atoms. The van der Waals surface area contributed by atoms with E-state index in [0.29, 0.717) is 21.2 Å². The molecule has 18 heavy (non-hydrogen) atoms. The Morgan fingerprint density at radius 1 is 1.39 bits per heavy atom. The number of rotatable bonds is 3. The van der Waals surface area contributed by atoms with Crippen molar-refractivity contribution in [3.05, 3.63) is 41.1 Å².